The van der Waals surface area contributed by atoms with E-state index in [4.69, 9.17) is 10.2 Å². The summed E-state index contributed by atoms with van der Waals surface area (Å²) in [6.07, 6.45) is -5.37. The number of aliphatic hydroxyl groups is 2. The number of hydrogen-bond donors (Lipinski definition) is 2. The average molecular weight is 188 g/mol. The number of rotatable bonds is 5. The Morgan fingerprint density at radius 2 is 1.92 bits per heavy atom. The molecule has 0 saturated heterocycles. The third kappa shape index (κ3) is 7.77. The number of ether oxygens (including phenoxy) is 1. The van der Waals surface area contributed by atoms with Crippen LogP contribution in [-0.2, 0) is 4.74 Å². The van der Waals surface area contributed by atoms with E-state index in [-0.39, 0.29) is 13.0 Å². The Kier molecular flexibility index (Phi) is 5.19. The molecule has 0 aromatic heterocycles. The lowest BCUT2D eigenvalue weighted by Gasteiger charge is -2.10. The second kappa shape index (κ2) is 5.34. The van der Waals surface area contributed by atoms with Crippen molar-refractivity contribution in [1.82, 2.24) is 0 Å². The van der Waals surface area contributed by atoms with Gasteiger partial charge in [-0.05, 0) is 6.42 Å². The minimum Gasteiger partial charge on any atom is -0.396 e. The fraction of sp³-hybridized carbons (Fsp3) is 1.00. The highest BCUT2D eigenvalue weighted by atomic mass is 19.4. The van der Waals surface area contributed by atoms with Gasteiger partial charge < -0.3 is 14.9 Å². The Bertz CT molecular complexity index is 115. The molecular formula is C6H11F3O3. The van der Waals surface area contributed by atoms with Gasteiger partial charge in [-0.1, -0.05) is 0 Å². The van der Waals surface area contributed by atoms with E-state index >= 15 is 0 Å². The van der Waals surface area contributed by atoms with E-state index in [1.807, 2.05) is 0 Å². The molecule has 3 nitrogen and oxygen atoms in total. The molecule has 0 saturated carbocycles. The van der Waals surface area contributed by atoms with Gasteiger partial charge in [0.1, 0.15) is 6.61 Å². The predicted octanol–water partition coefficient (Wildman–Crippen LogP) is 0.309. The highest BCUT2D eigenvalue weighted by Gasteiger charge is 2.27. The summed E-state index contributed by atoms with van der Waals surface area (Å²) in [4.78, 5) is 0. The minimum atomic E-state index is -4.36. The van der Waals surface area contributed by atoms with E-state index in [0.29, 0.717) is 0 Å². The van der Waals surface area contributed by atoms with Gasteiger partial charge in [0.05, 0.1) is 12.7 Å². The summed E-state index contributed by atoms with van der Waals surface area (Å²) in [6, 6.07) is 0. The molecule has 0 aliphatic carbocycles. The van der Waals surface area contributed by atoms with Crippen molar-refractivity contribution in [3.8, 4) is 0 Å². The van der Waals surface area contributed by atoms with Crippen LogP contribution in [0.2, 0.25) is 0 Å². The van der Waals surface area contributed by atoms with Gasteiger partial charge in [0.25, 0.3) is 0 Å². The van der Waals surface area contributed by atoms with Gasteiger partial charge in [0.15, 0.2) is 0 Å². The van der Waals surface area contributed by atoms with Crippen LogP contribution in [0.25, 0.3) is 0 Å². The van der Waals surface area contributed by atoms with Gasteiger partial charge in [-0.25, -0.2) is 0 Å². The molecule has 0 spiro atoms. The van der Waals surface area contributed by atoms with E-state index in [1.54, 1.807) is 0 Å². The van der Waals surface area contributed by atoms with Crippen molar-refractivity contribution in [2.24, 2.45) is 0 Å². The molecule has 2 N–H and O–H groups in total. The van der Waals surface area contributed by atoms with Crippen LogP contribution < -0.4 is 0 Å². The first kappa shape index (κ1) is 11.7. The Balaban J connectivity index is 3.31. The van der Waals surface area contributed by atoms with Crippen molar-refractivity contribution in [2.45, 2.75) is 18.7 Å². The van der Waals surface area contributed by atoms with Gasteiger partial charge in [-0.2, -0.15) is 13.2 Å². The number of aliphatic hydroxyl groups excluding tert-OH is 2. The first-order valence-electron chi connectivity index (χ1n) is 3.39. The summed E-state index contributed by atoms with van der Waals surface area (Å²) in [5, 5.41) is 17.1. The second-order valence-electron chi connectivity index (χ2n) is 2.30. The number of hydrogen-bond acceptors (Lipinski definition) is 3. The van der Waals surface area contributed by atoms with Crippen molar-refractivity contribution >= 4 is 0 Å². The lowest BCUT2D eigenvalue weighted by Crippen LogP contribution is -2.23. The van der Waals surface area contributed by atoms with E-state index in [0.717, 1.165) is 0 Å². The lowest BCUT2D eigenvalue weighted by atomic mass is 10.3. The largest absolute Gasteiger partial charge is 0.411 e. The van der Waals surface area contributed by atoms with Crippen molar-refractivity contribution in [1.29, 1.82) is 0 Å². The van der Waals surface area contributed by atoms with Crippen LogP contribution in [-0.4, -0.2) is 42.3 Å². The van der Waals surface area contributed by atoms with Gasteiger partial charge in [0, 0.05) is 6.61 Å². The zero-order chi connectivity index (χ0) is 9.61. The Morgan fingerprint density at radius 1 is 1.33 bits per heavy atom. The summed E-state index contributed by atoms with van der Waals surface area (Å²) in [5.41, 5.74) is 0. The average Bonchev–Trinajstić information content (AvgIpc) is 1.84. The van der Waals surface area contributed by atoms with Crippen LogP contribution in [0, 0.1) is 0 Å². The summed E-state index contributed by atoms with van der Waals surface area (Å²) >= 11 is 0. The smallest absolute Gasteiger partial charge is 0.396 e. The van der Waals surface area contributed by atoms with E-state index in [1.165, 1.54) is 0 Å². The molecule has 1 unspecified atom stereocenters. The maximum atomic E-state index is 11.4. The molecule has 0 radical (unpaired) electrons. The normalized spacial score (nSPS) is 14.8. The third-order valence-corrected chi connectivity index (χ3v) is 1.04. The van der Waals surface area contributed by atoms with Crippen molar-refractivity contribution in [3.05, 3.63) is 0 Å². The SMILES string of the molecule is OCCC(O)COCC(F)(F)F. The quantitative estimate of drug-likeness (QED) is 0.652. The highest BCUT2D eigenvalue weighted by molar-refractivity contribution is 4.53. The molecule has 0 aromatic rings. The molecule has 0 heterocycles. The second-order valence-corrected chi connectivity index (χ2v) is 2.30. The molecule has 0 fully saturated rings. The van der Waals surface area contributed by atoms with Crippen molar-refractivity contribution < 1.29 is 28.1 Å². The fourth-order valence-electron chi connectivity index (χ4n) is 0.543. The summed E-state index contributed by atoms with van der Waals surface area (Å²) < 4.78 is 38.4. The minimum absolute atomic E-state index is 0.0257. The molecule has 0 rings (SSSR count). The van der Waals surface area contributed by atoms with Gasteiger partial charge in [-0.3, -0.25) is 0 Å². The van der Waals surface area contributed by atoms with Gasteiger partial charge in [0.2, 0.25) is 0 Å². The van der Waals surface area contributed by atoms with E-state index in [2.05, 4.69) is 4.74 Å². The summed E-state index contributed by atoms with van der Waals surface area (Å²) in [7, 11) is 0. The highest BCUT2D eigenvalue weighted by Crippen LogP contribution is 2.14. The maximum Gasteiger partial charge on any atom is 0.411 e. The van der Waals surface area contributed by atoms with Crippen LogP contribution in [0.3, 0.4) is 0 Å². The molecule has 12 heavy (non-hydrogen) atoms. The van der Waals surface area contributed by atoms with Crippen molar-refractivity contribution in [2.75, 3.05) is 19.8 Å². The topological polar surface area (TPSA) is 49.7 Å². The Labute approximate surface area is 67.8 Å². The van der Waals surface area contributed by atoms with Crippen LogP contribution in [0.4, 0.5) is 13.2 Å². The number of alkyl halides is 3. The zero-order valence-corrected chi connectivity index (χ0v) is 6.34. The molecule has 6 heteroatoms. The van der Waals surface area contributed by atoms with Crippen molar-refractivity contribution in [3.63, 3.8) is 0 Å². The van der Waals surface area contributed by atoms with Crippen LogP contribution in [0.1, 0.15) is 6.42 Å². The third-order valence-electron chi connectivity index (χ3n) is 1.04. The lowest BCUT2D eigenvalue weighted by molar-refractivity contribution is -0.179. The summed E-state index contributed by atoms with van der Waals surface area (Å²) in [5.74, 6) is 0. The molecule has 0 aliphatic rings. The van der Waals surface area contributed by atoms with E-state index in [9.17, 15) is 13.2 Å². The number of halogens is 3. The molecule has 0 bridgehead atoms. The molecule has 0 aromatic carbocycles. The summed E-state index contributed by atoms with van der Waals surface area (Å²) in [6.45, 7) is -2.04. The molecule has 1 atom stereocenters. The first-order chi connectivity index (χ1) is 5.45. The Morgan fingerprint density at radius 3 is 2.33 bits per heavy atom. The molecular weight excluding hydrogens is 177 g/mol. The fourth-order valence-corrected chi connectivity index (χ4v) is 0.543. The van der Waals surface area contributed by atoms with E-state index < -0.39 is 25.5 Å². The standard InChI is InChI=1S/C6H11F3O3/c7-6(8,9)4-12-3-5(11)1-2-10/h5,10-11H,1-4H2. The predicted molar refractivity (Wildman–Crippen MR) is 34.6 cm³/mol. The van der Waals surface area contributed by atoms with Gasteiger partial charge in [-0.15, -0.1) is 0 Å². The maximum absolute atomic E-state index is 11.4. The monoisotopic (exact) mass is 188 g/mol. The molecule has 74 valence electrons. The van der Waals surface area contributed by atoms with Gasteiger partial charge >= 0.3 is 6.18 Å². The zero-order valence-electron chi connectivity index (χ0n) is 6.34. The van der Waals surface area contributed by atoms with Crippen LogP contribution in [0.15, 0.2) is 0 Å². The van der Waals surface area contributed by atoms with Crippen LogP contribution in [0.5, 0.6) is 0 Å². The van der Waals surface area contributed by atoms with Crippen LogP contribution >= 0.6 is 0 Å². The Hall–Kier alpha value is -0.330. The molecule has 0 aliphatic heterocycles. The molecule has 0 amide bonds. The first-order valence-corrected chi connectivity index (χ1v) is 3.39.